The van der Waals surface area contributed by atoms with E-state index in [1.54, 1.807) is 4.90 Å². The molecule has 1 fully saturated rings. The van der Waals surface area contributed by atoms with E-state index in [2.05, 4.69) is 10.3 Å². The molecule has 2 amide bonds. The Balaban J connectivity index is 1.75. The average molecular weight is 410 g/mol. The molecule has 1 N–H and O–H groups in total. The molecule has 1 aliphatic heterocycles. The molecule has 0 saturated carbocycles. The van der Waals surface area contributed by atoms with Crippen LogP contribution in [0, 0.1) is 20.8 Å². The lowest BCUT2D eigenvalue weighted by Gasteiger charge is -2.15. The second-order valence-electron chi connectivity index (χ2n) is 7.40. The van der Waals surface area contributed by atoms with Crippen molar-refractivity contribution in [2.45, 2.75) is 45.8 Å². The van der Waals surface area contributed by atoms with E-state index in [1.165, 1.54) is 11.8 Å². The quantitative estimate of drug-likeness (QED) is 0.732. The van der Waals surface area contributed by atoms with E-state index < -0.39 is 5.25 Å². The highest BCUT2D eigenvalue weighted by atomic mass is 32.2. The number of carbonyl (C=O) groups is 2. The molecule has 5 nitrogen and oxygen atoms in total. The molecule has 0 aromatic heterocycles. The van der Waals surface area contributed by atoms with Crippen molar-refractivity contribution in [1.82, 2.24) is 4.90 Å². The lowest BCUT2D eigenvalue weighted by molar-refractivity contribution is -0.128. The first-order valence-electron chi connectivity index (χ1n) is 9.88. The van der Waals surface area contributed by atoms with Crippen LogP contribution in [-0.2, 0) is 9.59 Å². The van der Waals surface area contributed by atoms with Crippen molar-refractivity contribution >= 4 is 40.1 Å². The minimum Gasteiger partial charge on any atom is -0.326 e. The van der Waals surface area contributed by atoms with Crippen LogP contribution >= 0.6 is 11.8 Å². The summed E-state index contributed by atoms with van der Waals surface area (Å²) in [5.74, 6) is -0.197. The fourth-order valence-corrected chi connectivity index (χ4v) is 4.39. The summed E-state index contributed by atoms with van der Waals surface area (Å²) in [6, 6.07) is 13.8. The zero-order valence-electron chi connectivity index (χ0n) is 17.4. The predicted molar refractivity (Wildman–Crippen MR) is 121 cm³/mol. The molecular formula is C23H27N3O2S. The fraction of sp³-hybridized carbons (Fsp3) is 0.348. The highest BCUT2D eigenvalue weighted by Crippen LogP contribution is 2.32. The molecule has 0 aliphatic carbocycles. The van der Waals surface area contributed by atoms with Crippen LogP contribution in [0.4, 0.5) is 11.4 Å². The SMILES string of the molecule is CCCN1C(=O)C(CC(=O)Nc2cc(C)ccc2C)SC1=Nc1cccc(C)c1. The van der Waals surface area contributed by atoms with Gasteiger partial charge in [-0.2, -0.15) is 0 Å². The molecule has 1 atom stereocenters. The highest BCUT2D eigenvalue weighted by molar-refractivity contribution is 8.15. The molecule has 0 radical (unpaired) electrons. The number of nitrogens with zero attached hydrogens (tertiary/aromatic N) is 2. The van der Waals surface area contributed by atoms with E-state index in [-0.39, 0.29) is 18.2 Å². The maximum atomic E-state index is 12.9. The highest BCUT2D eigenvalue weighted by Gasteiger charge is 2.38. The molecule has 1 unspecified atom stereocenters. The number of thioether (sulfide) groups is 1. The smallest absolute Gasteiger partial charge is 0.242 e. The first-order valence-corrected chi connectivity index (χ1v) is 10.8. The maximum Gasteiger partial charge on any atom is 0.242 e. The third-order valence-electron chi connectivity index (χ3n) is 4.73. The van der Waals surface area contributed by atoms with Crippen molar-refractivity contribution < 1.29 is 9.59 Å². The third-order valence-corrected chi connectivity index (χ3v) is 5.91. The van der Waals surface area contributed by atoms with Crippen LogP contribution in [0.15, 0.2) is 47.5 Å². The molecule has 29 heavy (non-hydrogen) atoms. The minimum atomic E-state index is -0.449. The number of nitrogens with one attached hydrogen (secondary N) is 1. The van der Waals surface area contributed by atoms with Gasteiger partial charge in [-0.25, -0.2) is 4.99 Å². The van der Waals surface area contributed by atoms with Crippen LogP contribution in [0.1, 0.15) is 36.5 Å². The Morgan fingerprint density at radius 3 is 2.62 bits per heavy atom. The number of anilines is 1. The van der Waals surface area contributed by atoms with E-state index in [0.717, 1.165) is 34.5 Å². The van der Waals surface area contributed by atoms with E-state index in [1.807, 2.05) is 70.2 Å². The molecule has 0 spiro atoms. The first-order chi connectivity index (χ1) is 13.9. The Bertz CT molecular complexity index is 955. The number of hydrogen-bond acceptors (Lipinski definition) is 4. The molecule has 1 aliphatic rings. The largest absolute Gasteiger partial charge is 0.326 e. The standard InChI is InChI=1S/C23H27N3O2S/c1-5-11-26-22(28)20(29-23(26)24-18-8-6-7-15(2)12-18)14-21(27)25-19-13-16(3)9-10-17(19)4/h6-10,12-13,20H,5,11,14H2,1-4H3,(H,25,27). The van der Waals surface area contributed by atoms with Crippen molar-refractivity contribution in [3.8, 4) is 0 Å². The van der Waals surface area contributed by atoms with Gasteiger partial charge in [0.2, 0.25) is 11.8 Å². The van der Waals surface area contributed by atoms with Gasteiger partial charge in [-0.1, -0.05) is 43.0 Å². The van der Waals surface area contributed by atoms with Crippen LogP contribution in [-0.4, -0.2) is 33.7 Å². The Hall–Kier alpha value is -2.60. The van der Waals surface area contributed by atoms with Crippen LogP contribution in [0.5, 0.6) is 0 Å². The van der Waals surface area contributed by atoms with Crippen molar-refractivity contribution in [3.05, 3.63) is 59.2 Å². The zero-order chi connectivity index (χ0) is 21.0. The van der Waals surface area contributed by atoms with E-state index in [4.69, 9.17) is 0 Å². The van der Waals surface area contributed by atoms with Crippen molar-refractivity contribution in [2.24, 2.45) is 4.99 Å². The summed E-state index contributed by atoms with van der Waals surface area (Å²) in [6.07, 6.45) is 0.963. The van der Waals surface area contributed by atoms with Crippen LogP contribution in [0.3, 0.4) is 0 Å². The summed E-state index contributed by atoms with van der Waals surface area (Å²) in [4.78, 5) is 31.9. The first kappa shape index (κ1) is 21.1. The summed E-state index contributed by atoms with van der Waals surface area (Å²) in [5, 5.41) is 3.18. The number of amides is 2. The van der Waals surface area contributed by atoms with Gasteiger partial charge in [0.1, 0.15) is 5.25 Å². The van der Waals surface area contributed by atoms with Crippen molar-refractivity contribution in [2.75, 3.05) is 11.9 Å². The zero-order valence-corrected chi connectivity index (χ0v) is 18.2. The number of hydrogen-bond donors (Lipinski definition) is 1. The fourth-order valence-electron chi connectivity index (χ4n) is 3.20. The van der Waals surface area contributed by atoms with E-state index >= 15 is 0 Å². The van der Waals surface area contributed by atoms with Gasteiger partial charge in [0.05, 0.1) is 5.69 Å². The third kappa shape index (κ3) is 5.26. The van der Waals surface area contributed by atoms with Crippen molar-refractivity contribution in [3.63, 3.8) is 0 Å². The predicted octanol–water partition coefficient (Wildman–Crippen LogP) is 4.98. The number of aliphatic imine (C=N–C) groups is 1. The Kier molecular flexibility index (Phi) is 6.75. The molecule has 152 valence electrons. The average Bonchev–Trinajstić information content (AvgIpc) is 2.94. The van der Waals surface area contributed by atoms with Gasteiger partial charge in [-0.15, -0.1) is 0 Å². The molecule has 0 bridgehead atoms. The normalized spacial score (nSPS) is 17.8. The molecule has 2 aromatic rings. The lowest BCUT2D eigenvalue weighted by atomic mass is 10.1. The molecule has 3 rings (SSSR count). The number of aryl methyl sites for hydroxylation is 3. The molecular weight excluding hydrogens is 382 g/mol. The van der Waals surface area contributed by atoms with Gasteiger partial charge < -0.3 is 5.32 Å². The summed E-state index contributed by atoms with van der Waals surface area (Å²) >= 11 is 1.38. The minimum absolute atomic E-state index is 0.0423. The van der Waals surface area contributed by atoms with Gasteiger partial charge in [0.15, 0.2) is 5.17 Å². The molecule has 2 aromatic carbocycles. The number of carbonyl (C=O) groups excluding carboxylic acids is 2. The number of benzene rings is 2. The van der Waals surface area contributed by atoms with Crippen LogP contribution in [0.25, 0.3) is 0 Å². The van der Waals surface area contributed by atoms with Gasteiger partial charge in [0.25, 0.3) is 0 Å². The number of rotatable bonds is 6. The van der Waals surface area contributed by atoms with E-state index in [0.29, 0.717) is 11.7 Å². The Labute approximate surface area is 176 Å². The second kappa shape index (κ2) is 9.27. The van der Waals surface area contributed by atoms with Gasteiger partial charge in [-0.3, -0.25) is 14.5 Å². The Morgan fingerprint density at radius 1 is 1.14 bits per heavy atom. The van der Waals surface area contributed by atoms with Gasteiger partial charge >= 0.3 is 0 Å². The van der Waals surface area contributed by atoms with Crippen LogP contribution in [0.2, 0.25) is 0 Å². The van der Waals surface area contributed by atoms with E-state index in [9.17, 15) is 9.59 Å². The molecule has 1 saturated heterocycles. The monoisotopic (exact) mass is 409 g/mol. The maximum absolute atomic E-state index is 12.9. The molecule has 1 heterocycles. The van der Waals surface area contributed by atoms with Gasteiger partial charge in [-0.05, 0) is 62.1 Å². The number of amidine groups is 1. The summed E-state index contributed by atoms with van der Waals surface area (Å²) in [6.45, 7) is 8.59. The molecule has 6 heteroatoms. The van der Waals surface area contributed by atoms with Gasteiger partial charge in [0, 0.05) is 18.7 Å². The van der Waals surface area contributed by atoms with Crippen LogP contribution < -0.4 is 5.32 Å². The van der Waals surface area contributed by atoms with Crippen molar-refractivity contribution in [1.29, 1.82) is 0 Å². The summed E-state index contributed by atoms with van der Waals surface area (Å²) in [7, 11) is 0. The summed E-state index contributed by atoms with van der Waals surface area (Å²) < 4.78 is 0. The second-order valence-corrected chi connectivity index (χ2v) is 8.57. The Morgan fingerprint density at radius 2 is 1.90 bits per heavy atom. The topological polar surface area (TPSA) is 61.8 Å². The lowest BCUT2D eigenvalue weighted by Crippen LogP contribution is -2.34. The summed E-state index contributed by atoms with van der Waals surface area (Å²) in [5.41, 5.74) is 4.82.